The third-order valence-corrected chi connectivity index (χ3v) is 6.98. The smallest absolute Gasteiger partial charge is 0.329 e. The lowest BCUT2D eigenvalue weighted by atomic mass is 9.83. The minimum absolute atomic E-state index is 0.109. The minimum atomic E-state index is -4.10. The largest absolute Gasteiger partial charge is 0.477 e. The molecule has 0 bridgehead atoms. The maximum absolute atomic E-state index is 12.8. The lowest BCUT2D eigenvalue weighted by molar-refractivity contribution is 0.221. The first-order valence-corrected chi connectivity index (χ1v) is 11.6. The first-order valence-electron chi connectivity index (χ1n) is 10.1. The van der Waals surface area contributed by atoms with Crippen molar-refractivity contribution in [2.45, 2.75) is 61.9 Å². The van der Waals surface area contributed by atoms with Gasteiger partial charge in [-0.3, -0.25) is 0 Å². The number of urea groups is 1. The van der Waals surface area contributed by atoms with Gasteiger partial charge >= 0.3 is 6.03 Å². The van der Waals surface area contributed by atoms with Gasteiger partial charge in [0.2, 0.25) is 5.88 Å². The molecule has 9 heteroatoms. The number of rotatable bonds is 4. The fourth-order valence-electron chi connectivity index (χ4n) is 4.22. The summed E-state index contributed by atoms with van der Waals surface area (Å²) in [6.45, 7) is 1.02. The van der Waals surface area contributed by atoms with Crippen molar-refractivity contribution in [3.8, 4) is 5.88 Å². The Labute approximate surface area is 170 Å². The van der Waals surface area contributed by atoms with Gasteiger partial charge in [0.25, 0.3) is 10.0 Å². The number of hydrogen-bond acceptors (Lipinski definition) is 5. The molecule has 1 fully saturated rings. The van der Waals surface area contributed by atoms with Crippen LogP contribution in [-0.4, -0.2) is 30.8 Å². The van der Waals surface area contributed by atoms with Crippen molar-refractivity contribution >= 4 is 16.1 Å². The average Bonchev–Trinajstić information content (AvgIpc) is 3.02. The molecular weight excluding hydrogens is 392 g/mol. The maximum Gasteiger partial charge on any atom is 0.329 e. The molecule has 0 unspecified atom stereocenters. The predicted octanol–water partition coefficient (Wildman–Crippen LogP) is 2.90. The second-order valence-electron chi connectivity index (χ2n) is 7.66. The number of benzene rings is 1. The van der Waals surface area contributed by atoms with Crippen LogP contribution in [0.15, 0.2) is 41.4 Å². The molecule has 1 aromatic heterocycles. The molecule has 0 saturated heterocycles. The zero-order valence-electron chi connectivity index (χ0n) is 16.3. The minimum Gasteiger partial charge on any atom is -0.477 e. The number of aromatic nitrogens is 2. The zero-order chi connectivity index (χ0) is 20.3. The van der Waals surface area contributed by atoms with E-state index in [0.717, 1.165) is 50.5 Å². The van der Waals surface area contributed by atoms with Crippen molar-refractivity contribution in [2.24, 2.45) is 0 Å². The fraction of sp³-hybridized carbons (Fsp3) is 0.500. The van der Waals surface area contributed by atoms with Gasteiger partial charge in [0.05, 0.1) is 18.3 Å². The van der Waals surface area contributed by atoms with E-state index in [1.54, 1.807) is 0 Å². The van der Waals surface area contributed by atoms with Gasteiger partial charge in [-0.2, -0.15) is 5.10 Å². The van der Waals surface area contributed by atoms with Crippen LogP contribution in [0.2, 0.25) is 0 Å². The Morgan fingerprint density at radius 3 is 2.52 bits per heavy atom. The Hall–Kier alpha value is -2.55. The van der Waals surface area contributed by atoms with E-state index in [-0.39, 0.29) is 10.8 Å². The van der Waals surface area contributed by atoms with Crippen molar-refractivity contribution in [2.75, 3.05) is 6.61 Å². The molecule has 2 N–H and O–H groups in total. The van der Waals surface area contributed by atoms with Gasteiger partial charge in [-0.25, -0.2) is 22.6 Å². The van der Waals surface area contributed by atoms with Gasteiger partial charge < -0.3 is 10.1 Å². The van der Waals surface area contributed by atoms with Gasteiger partial charge in [-0.1, -0.05) is 56.0 Å². The van der Waals surface area contributed by atoms with Crippen LogP contribution in [0.5, 0.6) is 5.88 Å². The van der Waals surface area contributed by atoms with Crippen molar-refractivity contribution in [3.05, 3.63) is 42.1 Å². The number of carbonyl (C=O) groups is 1. The molecule has 0 radical (unpaired) electrons. The molecule has 2 aliphatic rings. The second kappa shape index (κ2) is 8.06. The van der Waals surface area contributed by atoms with E-state index in [1.165, 1.54) is 10.9 Å². The summed E-state index contributed by atoms with van der Waals surface area (Å²) < 4.78 is 34.8. The van der Waals surface area contributed by atoms with Crippen LogP contribution in [-0.2, 0) is 22.1 Å². The van der Waals surface area contributed by atoms with Crippen LogP contribution in [0.25, 0.3) is 0 Å². The number of sulfonamides is 1. The molecule has 2 amide bonds. The third kappa shape index (κ3) is 4.10. The van der Waals surface area contributed by atoms with Gasteiger partial charge in [-0.05, 0) is 18.4 Å². The van der Waals surface area contributed by atoms with Crippen LogP contribution < -0.4 is 14.8 Å². The van der Waals surface area contributed by atoms with Crippen molar-refractivity contribution in [1.29, 1.82) is 0 Å². The van der Waals surface area contributed by atoms with Crippen LogP contribution >= 0.6 is 0 Å². The van der Waals surface area contributed by atoms with Crippen LogP contribution in [0.1, 0.15) is 50.5 Å². The molecule has 156 valence electrons. The molecule has 0 spiro atoms. The number of nitrogens with zero attached hydrogens (tertiary/aromatic N) is 2. The lowest BCUT2D eigenvalue weighted by Crippen LogP contribution is -2.51. The first-order chi connectivity index (χ1) is 14.0. The predicted molar refractivity (Wildman–Crippen MR) is 107 cm³/mol. The molecule has 8 nitrogen and oxygen atoms in total. The second-order valence-corrected chi connectivity index (χ2v) is 9.31. The summed E-state index contributed by atoms with van der Waals surface area (Å²) in [7, 11) is -4.10. The molecule has 1 aliphatic heterocycles. The lowest BCUT2D eigenvalue weighted by Gasteiger charge is -2.34. The van der Waals surface area contributed by atoms with Gasteiger partial charge in [-0.15, -0.1) is 0 Å². The number of aryl methyl sites for hydroxylation is 1. The highest BCUT2D eigenvalue weighted by atomic mass is 32.2. The van der Waals surface area contributed by atoms with Crippen molar-refractivity contribution in [1.82, 2.24) is 19.8 Å². The Kier molecular flexibility index (Phi) is 5.49. The van der Waals surface area contributed by atoms with E-state index in [4.69, 9.17) is 4.74 Å². The molecule has 2 heterocycles. The molecule has 0 atom stereocenters. The number of fused-ring (bicyclic) bond motifs is 1. The van der Waals surface area contributed by atoms with E-state index in [0.29, 0.717) is 13.2 Å². The summed E-state index contributed by atoms with van der Waals surface area (Å²) in [4.78, 5) is 12.7. The third-order valence-electron chi connectivity index (χ3n) is 5.67. The Morgan fingerprint density at radius 1 is 1.07 bits per heavy atom. The average molecular weight is 419 g/mol. The number of nitrogens with one attached hydrogen (secondary N) is 2. The molecule has 4 rings (SSSR count). The summed E-state index contributed by atoms with van der Waals surface area (Å²) >= 11 is 0. The maximum atomic E-state index is 12.8. The van der Waals surface area contributed by atoms with Crippen molar-refractivity contribution < 1.29 is 17.9 Å². The fourth-order valence-corrected chi connectivity index (χ4v) is 5.21. The summed E-state index contributed by atoms with van der Waals surface area (Å²) in [6.07, 6.45) is 7.72. The quantitative estimate of drug-likeness (QED) is 0.744. The van der Waals surface area contributed by atoms with Crippen LogP contribution in [0.3, 0.4) is 0 Å². The highest BCUT2D eigenvalue weighted by Gasteiger charge is 2.36. The Bertz CT molecular complexity index is 964. The van der Waals surface area contributed by atoms with Crippen LogP contribution in [0, 0.1) is 0 Å². The number of hydrogen-bond donors (Lipinski definition) is 2. The summed E-state index contributed by atoms with van der Waals surface area (Å²) in [5.74, 6) is 0.184. The normalized spacial score (nSPS) is 18.8. The van der Waals surface area contributed by atoms with E-state index < -0.39 is 21.6 Å². The van der Waals surface area contributed by atoms with Crippen molar-refractivity contribution in [3.63, 3.8) is 0 Å². The van der Waals surface area contributed by atoms with Gasteiger partial charge in [0.1, 0.15) is 0 Å². The highest BCUT2D eigenvalue weighted by Crippen LogP contribution is 2.36. The van der Waals surface area contributed by atoms with Gasteiger partial charge in [0, 0.05) is 13.0 Å². The molecule has 1 saturated carbocycles. The number of amides is 2. The standard InChI is InChI=1S/C20H26N4O4S/c25-19(23-29(26,27)17-15-21-24-13-8-14-28-18(17)24)22-20(11-6-1-2-7-12-20)16-9-4-3-5-10-16/h3-5,9-10,15H,1-2,6-8,11-14H2,(H2,22,23,25). The van der Waals surface area contributed by atoms with E-state index >= 15 is 0 Å². The summed E-state index contributed by atoms with van der Waals surface area (Å²) in [5, 5.41) is 7.05. The number of carbonyl (C=O) groups excluding carboxylic acids is 1. The zero-order valence-corrected chi connectivity index (χ0v) is 17.1. The Morgan fingerprint density at radius 2 is 1.79 bits per heavy atom. The summed E-state index contributed by atoms with van der Waals surface area (Å²) in [5.41, 5.74) is 0.424. The topological polar surface area (TPSA) is 102 Å². The van der Waals surface area contributed by atoms with E-state index in [2.05, 4.69) is 15.1 Å². The molecule has 1 aromatic carbocycles. The van der Waals surface area contributed by atoms with Crippen LogP contribution in [0.4, 0.5) is 4.79 Å². The van der Waals surface area contributed by atoms with E-state index in [1.807, 2.05) is 30.3 Å². The summed E-state index contributed by atoms with van der Waals surface area (Å²) in [6, 6.07) is 9.06. The SMILES string of the molecule is O=C(NC1(c2ccccc2)CCCCCC1)NS(=O)(=O)c1cnn2c1OCCC2. The molecular formula is C20H26N4O4S. The van der Waals surface area contributed by atoms with E-state index in [9.17, 15) is 13.2 Å². The molecule has 2 aromatic rings. The molecule has 1 aliphatic carbocycles. The Balaban J connectivity index is 1.56. The monoisotopic (exact) mass is 418 g/mol. The highest BCUT2D eigenvalue weighted by molar-refractivity contribution is 7.90. The number of ether oxygens (including phenoxy) is 1. The first kappa shape index (κ1) is 19.8. The van der Waals surface area contributed by atoms with Gasteiger partial charge in [0.15, 0.2) is 4.90 Å². The molecule has 29 heavy (non-hydrogen) atoms.